The van der Waals surface area contributed by atoms with E-state index in [1.807, 2.05) is 4.98 Å². The average molecular weight is 557 g/mol. The summed E-state index contributed by atoms with van der Waals surface area (Å²) < 4.78 is 33.0. The van der Waals surface area contributed by atoms with E-state index in [2.05, 4.69) is 6.07 Å². The molecule has 6 nitrogen and oxygen atoms in total. The van der Waals surface area contributed by atoms with Gasteiger partial charge in [-0.25, -0.2) is 0 Å². The van der Waals surface area contributed by atoms with Gasteiger partial charge in [0.05, 0.1) is 22.7 Å². The van der Waals surface area contributed by atoms with Gasteiger partial charge in [-0.2, -0.15) is 14.0 Å². The zero-order chi connectivity index (χ0) is 25.5. The van der Waals surface area contributed by atoms with Crippen molar-refractivity contribution in [1.29, 1.82) is 5.26 Å². The summed E-state index contributed by atoms with van der Waals surface area (Å²) in [5.41, 5.74) is -0.735. The minimum Gasteiger partial charge on any atom is -0.495 e. The molecule has 0 aliphatic carbocycles. The Hall–Kier alpha value is -2.77. The van der Waals surface area contributed by atoms with Crippen LogP contribution in [0, 0.1) is 11.3 Å². The van der Waals surface area contributed by atoms with Crippen LogP contribution in [0.2, 0.25) is 10.0 Å². The molecular weight excluding hydrogens is 543 g/mol. The largest absolute Gasteiger partial charge is 0.495 e. The highest BCUT2D eigenvalue weighted by atomic mass is 35.5. The first-order valence-electron chi connectivity index (χ1n) is 9.89. The number of methoxy groups -OCH3 is 1. The molecule has 35 heavy (non-hydrogen) atoms. The molecule has 1 aliphatic heterocycles. The summed E-state index contributed by atoms with van der Waals surface area (Å²) >= 11 is 18.4. The normalized spacial score (nSPS) is 12.9. The summed E-state index contributed by atoms with van der Waals surface area (Å²) in [5, 5.41) is 6.10. The van der Waals surface area contributed by atoms with Crippen LogP contribution in [0.5, 0.6) is 5.75 Å². The van der Waals surface area contributed by atoms with E-state index in [0.717, 1.165) is 17.8 Å². The number of alkyl halides is 3. The van der Waals surface area contributed by atoms with E-state index in [4.69, 9.17) is 39.5 Å². The monoisotopic (exact) mass is 555 g/mol. The fourth-order valence-electron chi connectivity index (χ4n) is 3.71. The molecule has 0 spiro atoms. The minimum atomic E-state index is -3.89. The van der Waals surface area contributed by atoms with Gasteiger partial charge in [0.2, 0.25) is 0 Å². The summed E-state index contributed by atoms with van der Waals surface area (Å²) in [7, 11) is 1.43. The van der Waals surface area contributed by atoms with Gasteiger partial charge in [-0.15, -0.1) is 0 Å². The summed E-state index contributed by atoms with van der Waals surface area (Å²) in [6.45, 7) is 0.134. The number of aromatic amines is 1. The van der Waals surface area contributed by atoms with Crippen LogP contribution in [0.25, 0.3) is 0 Å². The van der Waals surface area contributed by atoms with Crippen molar-refractivity contribution in [3.63, 3.8) is 0 Å². The molecule has 2 aromatic carbocycles. The number of pyridine rings is 1. The fourth-order valence-corrected chi connectivity index (χ4v) is 5.45. The van der Waals surface area contributed by atoms with E-state index >= 15 is 0 Å². The third-order valence-corrected chi connectivity index (χ3v) is 7.59. The van der Waals surface area contributed by atoms with Gasteiger partial charge >= 0.3 is 5.38 Å². The number of fused-ring (bicyclic) bond motifs is 1. The molecule has 0 unspecified atom stereocenters. The molecule has 1 amide bonds. The summed E-state index contributed by atoms with van der Waals surface area (Å²) in [6, 6.07) is 11.0. The predicted octanol–water partition coefficient (Wildman–Crippen LogP) is 6.16. The third kappa shape index (κ3) is 4.84. The Morgan fingerprint density at radius 1 is 1.23 bits per heavy atom. The van der Waals surface area contributed by atoms with Crippen LogP contribution < -0.4 is 10.3 Å². The predicted molar refractivity (Wildman–Crippen MR) is 129 cm³/mol. The number of H-pyrrole nitrogens is 1. The second-order valence-electron chi connectivity index (χ2n) is 7.46. The zero-order valence-electron chi connectivity index (χ0n) is 17.8. The number of aromatic nitrogens is 1. The molecule has 1 N–H and O–H groups in total. The van der Waals surface area contributed by atoms with Crippen LogP contribution in [0.15, 0.2) is 51.0 Å². The van der Waals surface area contributed by atoms with Gasteiger partial charge in [0.1, 0.15) is 23.1 Å². The van der Waals surface area contributed by atoms with Crippen LogP contribution in [0.4, 0.5) is 8.78 Å². The molecule has 0 saturated carbocycles. The van der Waals surface area contributed by atoms with Crippen LogP contribution in [-0.2, 0) is 18.5 Å². The van der Waals surface area contributed by atoms with E-state index in [0.29, 0.717) is 16.9 Å². The van der Waals surface area contributed by atoms with Gasteiger partial charge < -0.3 is 14.6 Å². The minimum absolute atomic E-state index is 0.0259. The fraction of sp³-hybridized carbons (Fsp3) is 0.174. The van der Waals surface area contributed by atoms with Crippen molar-refractivity contribution in [2.75, 3.05) is 7.11 Å². The van der Waals surface area contributed by atoms with Gasteiger partial charge in [0, 0.05) is 22.9 Å². The van der Waals surface area contributed by atoms with Gasteiger partial charge in [-0.3, -0.25) is 9.59 Å². The zero-order valence-corrected chi connectivity index (χ0v) is 20.9. The van der Waals surface area contributed by atoms with Crippen LogP contribution in [0.1, 0.15) is 32.7 Å². The van der Waals surface area contributed by atoms with Gasteiger partial charge in [-0.05, 0) is 47.0 Å². The van der Waals surface area contributed by atoms with Gasteiger partial charge in [0.25, 0.3) is 11.5 Å². The molecule has 1 aliphatic rings. The molecule has 2 heterocycles. The number of nitrogens with one attached hydrogen (secondary N) is 1. The number of hydrogen-bond acceptors (Lipinski definition) is 5. The molecule has 0 bridgehead atoms. The Bertz CT molecular complexity index is 1430. The Kier molecular flexibility index (Phi) is 7.02. The Balaban J connectivity index is 1.80. The van der Waals surface area contributed by atoms with Crippen LogP contribution >= 0.6 is 46.6 Å². The summed E-state index contributed by atoms with van der Waals surface area (Å²) in [6.07, 6.45) is 0. The number of halogens is 5. The molecule has 0 atom stereocenters. The van der Waals surface area contributed by atoms with Crippen molar-refractivity contribution < 1.29 is 18.3 Å². The lowest BCUT2D eigenvalue weighted by Crippen LogP contribution is -2.32. The van der Waals surface area contributed by atoms with Crippen molar-refractivity contribution >= 4 is 52.5 Å². The van der Waals surface area contributed by atoms with E-state index in [-0.39, 0.29) is 44.1 Å². The molecule has 3 aromatic rings. The maximum atomic E-state index is 13.9. The van der Waals surface area contributed by atoms with Crippen molar-refractivity contribution in [2.45, 2.75) is 28.3 Å². The van der Waals surface area contributed by atoms with Crippen LogP contribution in [0.3, 0.4) is 0 Å². The Morgan fingerprint density at radius 2 is 1.91 bits per heavy atom. The Labute approximate surface area is 217 Å². The SMILES string of the molecule is COc1ccc2c(c1C#N)CN(C(=O)c1c(Sc3c(Cl)cccc3Cl)cc(C(F)(F)Cl)[nH]c1=O)C2. The number of amides is 1. The second-order valence-corrected chi connectivity index (χ2v) is 9.80. The quantitative estimate of drug-likeness (QED) is 0.381. The topological polar surface area (TPSA) is 86.2 Å². The number of ether oxygens (including phenoxy) is 1. The first-order chi connectivity index (χ1) is 16.5. The number of hydrogen-bond donors (Lipinski definition) is 1. The summed E-state index contributed by atoms with van der Waals surface area (Å²) in [4.78, 5) is 30.0. The van der Waals surface area contributed by atoms with E-state index in [1.165, 1.54) is 24.1 Å². The van der Waals surface area contributed by atoms with Gasteiger partial charge in [0.15, 0.2) is 0 Å². The van der Waals surface area contributed by atoms with E-state index < -0.39 is 22.5 Å². The lowest BCUT2D eigenvalue weighted by atomic mass is 10.0. The smallest absolute Gasteiger partial charge is 0.362 e. The molecule has 12 heteroatoms. The standard InChI is InChI=1S/C23H14Cl3F2N3O3S/c1-34-16-6-5-11-9-31(10-13(11)12(16)8-29)22(33)19-17(7-18(23(26,27)28)30-21(19)32)35-20-14(24)3-2-4-15(20)25/h2-7H,9-10H2,1H3,(H,30,32). The highest BCUT2D eigenvalue weighted by molar-refractivity contribution is 7.99. The lowest BCUT2D eigenvalue weighted by molar-refractivity contribution is 0.0740. The van der Waals surface area contributed by atoms with E-state index in [1.54, 1.807) is 18.2 Å². The molecule has 0 fully saturated rings. The van der Waals surface area contributed by atoms with Gasteiger partial charge in [-0.1, -0.05) is 47.1 Å². The first-order valence-corrected chi connectivity index (χ1v) is 11.8. The summed E-state index contributed by atoms with van der Waals surface area (Å²) in [5.74, 6) is -0.364. The second kappa shape index (κ2) is 9.70. The van der Waals surface area contributed by atoms with Crippen LogP contribution in [-0.4, -0.2) is 22.9 Å². The number of benzene rings is 2. The average Bonchev–Trinajstić information content (AvgIpc) is 3.24. The number of nitrogens with zero attached hydrogens (tertiary/aromatic N) is 2. The molecule has 1 aromatic heterocycles. The highest BCUT2D eigenvalue weighted by Gasteiger charge is 2.35. The lowest BCUT2D eigenvalue weighted by Gasteiger charge is -2.19. The maximum absolute atomic E-state index is 13.9. The first kappa shape index (κ1) is 25.3. The van der Waals surface area contributed by atoms with Crippen molar-refractivity contribution in [1.82, 2.24) is 9.88 Å². The molecule has 0 radical (unpaired) electrons. The number of nitriles is 1. The number of carbonyl (C=O) groups is 1. The number of carbonyl (C=O) groups excluding carboxylic acids is 1. The molecule has 0 saturated heterocycles. The number of rotatable bonds is 5. The maximum Gasteiger partial charge on any atom is 0.362 e. The van der Waals surface area contributed by atoms with Crippen molar-refractivity contribution in [3.05, 3.63) is 84.7 Å². The molecule has 180 valence electrons. The van der Waals surface area contributed by atoms with Crippen molar-refractivity contribution in [2.24, 2.45) is 0 Å². The highest BCUT2D eigenvalue weighted by Crippen LogP contribution is 2.42. The van der Waals surface area contributed by atoms with E-state index in [9.17, 15) is 23.6 Å². The van der Waals surface area contributed by atoms with Crippen molar-refractivity contribution in [3.8, 4) is 11.8 Å². The molecule has 4 rings (SSSR count). The third-order valence-electron chi connectivity index (χ3n) is 5.35. The molecular formula is C23H14Cl3F2N3O3S. The Morgan fingerprint density at radius 3 is 2.51 bits per heavy atom.